The molecule has 2 unspecified atom stereocenters. The number of piperazine rings is 1. The molecule has 0 bridgehead atoms. The van der Waals surface area contributed by atoms with Crippen molar-refractivity contribution in [1.82, 2.24) is 20.2 Å². The lowest BCUT2D eigenvalue weighted by Crippen LogP contribution is -2.54. The molecule has 0 amide bonds. The van der Waals surface area contributed by atoms with Gasteiger partial charge in [0.05, 0.1) is 5.69 Å². The topological polar surface area (TPSA) is 41.0 Å². The Kier molecular flexibility index (Phi) is 7.22. The van der Waals surface area contributed by atoms with Crippen LogP contribution in [0.4, 0.5) is 8.78 Å². The van der Waals surface area contributed by atoms with Crippen molar-refractivity contribution in [2.75, 3.05) is 13.1 Å². The second-order valence-electron chi connectivity index (χ2n) is 8.64. The Morgan fingerprint density at radius 1 is 1.00 bits per heavy atom. The zero-order valence-electron chi connectivity index (χ0n) is 18.7. The van der Waals surface area contributed by atoms with Crippen LogP contribution >= 0.6 is 0 Å². The summed E-state index contributed by atoms with van der Waals surface area (Å²) in [4.78, 5) is 11.6. The van der Waals surface area contributed by atoms with E-state index in [-0.39, 0.29) is 0 Å². The molecule has 1 aliphatic rings. The predicted molar refractivity (Wildman–Crippen MR) is 123 cm³/mol. The third kappa shape index (κ3) is 5.75. The number of hydrogen-bond donors (Lipinski definition) is 1. The van der Waals surface area contributed by atoms with E-state index in [4.69, 9.17) is 4.98 Å². The lowest BCUT2D eigenvalue weighted by atomic mass is 10.0. The first kappa shape index (κ1) is 22.5. The van der Waals surface area contributed by atoms with Gasteiger partial charge in [-0.25, -0.2) is 18.7 Å². The van der Waals surface area contributed by atoms with Crippen LogP contribution in [0.25, 0.3) is 11.3 Å². The molecule has 2 atom stereocenters. The zero-order chi connectivity index (χ0) is 22.5. The molecule has 4 nitrogen and oxygen atoms in total. The highest BCUT2D eigenvalue weighted by Crippen LogP contribution is 2.21. The smallest absolute Gasteiger partial charge is 0.128 e. The predicted octanol–water partition coefficient (Wildman–Crippen LogP) is 4.78. The van der Waals surface area contributed by atoms with Crippen LogP contribution in [-0.2, 0) is 19.4 Å². The van der Waals surface area contributed by atoms with E-state index in [1.165, 1.54) is 17.7 Å². The van der Waals surface area contributed by atoms with E-state index in [2.05, 4.69) is 53.3 Å². The number of rotatable bonds is 7. The lowest BCUT2D eigenvalue weighted by Gasteiger charge is -2.38. The van der Waals surface area contributed by atoms with Crippen molar-refractivity contribution in [1.29, 1.82) is 0 Å². The molecule has 1 fully saturated rings. The van der Waals surface area contributed by atoms with E-state index in [1.807, 2.05) is 6.07 Å². The van der Waals surface area contributed by atoms with E-state index >= 15 is 0 Å². The van der Waals surface area contributed by atoms with Crippen molar-refractivity contribution in [2.45, 2.75) is 51.7 Å². The number of hydrogen-bond acceptors (Lipinski definition) is 4. The maximum Gasteiger partial charge on any atom is 0.128 e. The summed E-state index contributed by atoms with van der Waals surface area (Å²) in [5.74, 6) is -0.333. The van der Waals surface area contributed by atoms with E-state index < -0.39 is 11.6 Å². The van der Waals surface area contributed by atoms with Gasteiger partial charge in [0.25, 0.3) is 0 Å². The monoisotopic (exact) mass is 436 g/mol. The summed E-state index contributed by atoms with van der Waals surface area (Å²) in [7, 11) is 0. The number of halogens is 2. The summed E-state index contributed by atoms with van der Waals surface area (Å²) >= 11 is 0. The van der Waals surface area contributed by atoms with Gasteiger partial charge >= 0.3 is 0 Å². The number of aromatic nitrogens is 2. The van der Waals surface area contributed by atoms with E-state index in [1.54, 1.807) is 6.20 Å². The lowest BCUT2D eigenvalue weighted by molar-refractivity contribution is 0.131. The van der Waals surface area contributed by atoms with Gasteiger partial charge in [0.1, 0.15) is 17.5 Å². The van der Waals surface area contributed by atoms with E-state index in [9.17, 15) is 8.78 Å². The van der Waals surface area contributed by atoms with Crippen LogP contribution in [-0.4, -0.2) is 40.0 Å². The fourth-order valence-electron chi connectivity index (χ4n) is 4.30. The zero-order valence-corrected chi connectivity index (χ0v) is 18.7. The van der Waals surface area contributed by atoms with Gasteiger partial charge in [0.2, 0.25) is 0 Å². The molecule has 0 saturated carbocycles. The molecule has 2 aromatic carbocycles. The Labute approximate surface area is 188 Å². The first-order chi connectivity index (χ1) is 15.5. The second kappa shape index (κ2) is 10.3. The van der Waals surface area contributed by atoms with Crippen LogP contribution in [0.15, 0.2) is 54.7 Å². The highest BCUT2D eigenvalue weighted by atomic mass is 19.1. The quantitative estimate of drug-likeness (QED) is 0.579. The van der Waals surface area contributed by atoms with Crippen LogP contribution in [0.3, 0.4) is 0 Å². The van der Waals surface area contributed by atoms with Crippen molar-refractivity contribution in [3.05, 3.63) is 83.3 Å². The maximum atomic E-state index is 13.4. The molecule has 6 heteroatoms. The molecule has 3 aromatic rings. The molecule has 1 aromatic heterocycles. The molecule has 4 rings (SSSR count). The number of nitrogens with zero attached hydrogens (tertiary/aromatic N) is 3. The van der Waals surface area contributed by atoms with Gasteiger partial charge in [-0.1, -0.05) is 18.2 Å². The Balaban J connectivity index is 1.41. The molecule has 1 saturated heterocycles. The highest BCUT2D eigenvalue weighted by molar-refractivity contribution is 5.59. The largest absolute Gasteiger partial charge is 0.311 e. The first-order valence-electron chi connectivity index (χ1n) is 11.3. The van der Waals surface area contributed by atoms with Gasteiger partial charge in [-0.15, -0.1) is 0 Å². The number of aryl methyl sites for hydroxylation is 2. The molecule has 0 spiro atoms. The fraction of sp³-hybridized carbons (Fsp3) is 0.385. The minimum absolute atomic E-state index is 0.486. The summed E-state index contributed by atoms with van der Waals surface area (Å²) in [6.45, 7) is 7.49. The molecule has 2 heterocycles. The summed E-state index contributed by atoms with van der Waals surface area (Å²) in [5.41, 5.74) is 3.91. The molecular weight excluding hydrogens is 406 g/mol. The van der Waals surface area contributed by atoms with Crippen molar-refractivity contribution in [3.8, 4) is 11.3 Å². The van der Waals surface area contributed by atoms with Crippen molar-refractivity contribution in [3.63, 3.8) is 0 Å². The van der Waals surface area contributed by atoms with Crippen molar-refractivity contribution in [2.24, 2.45) is 0 Å². The van der Waals surface area contributed by atoms with Gasteiger partial charge in [-0.05, 0) is 62.1 Å². The molecule has 0 aliphatic carbocycles. The second-order valence-corrected chi connectivity index (χ2v) is 8.64. The summed E-state index contributed by atoms with van der Waals surface area (Å²) < 4.78 is 26.7. The van der Waals surface area contributed by atoms with E-state index in [0.717, 1.165) is 49.2 Å². The minimum atomic E-state index is -0.539. The van der Waals surface area contributed by atoms with Gasteiger partial charge in [-0.3, -0.25) is 4.90 Å². The standard InChI is InChI=1S/C26H30F2N4/c1-18-19(2)32(12-11-29-18)17-21-6-3-7-22(13-21)25-9-10-30-26(31-25)8-4-5-20-14-23(27)16-24(28)15-20/h3,6-7,9-10,13-16,18-19,29H,4-5,8,11-12,17H2,1-2H3. The van der Waals surface area contributed by atoms with Gasteiger partial charge in [-0.2, -0.15) is 0 Å². The van der Waals surface area contributed by atoms with Crippen LogP contribution in [0.1, 0.15) is 37.2 Å². The molecule has 1 N–H and O–H groups in total. The highest BCUT2D eigenvalue weighted by Gasteiger charge is 2.24. The molecule has 1 aliphatic heterocycles. The van der Waals surface area contributed by atoms with E-state index in [0.29, 0.717) is 30.5 Å². The molecule has 32 heavy (non-hydrogen) atoms. The van der Waals surface area contributed by atoms with Gasteiger partial charge in [0.15, 0.2) is 0 Å². The molecular formula is C26H30F2N4. The Hall–Kier alpha value is -2.70. The number of benzene rings is 2. The Bertz CT molecular complexity index is 1040. The van der Waals surface area contributed by atoms with Crippen LogP contribution in [0, 0.1) is 11.6 Å². The SMILES string of the molecule is CC1NCCN(Cc2cccc(-c3ccnc(CCCc4cc(F)cc(F)c4)n3)c2)C1C. The van der Waals surface area contributed by atoms with Crippen LogP contribution in [0.2, 0.25) is 0 Å². The average Bonchev–Trinajstić information content (AvgIpc) is 2.77. The Morgan fingerprint density at radius 3 is 2.62 bits per heavy atom. The normalized spacial score (nSPS) is 19.2. The Morgan fingerprint density at radius 2 is 1.81 bits per heavy atom. The summed E-state index contributed by atoms with van der Waals surface area (Å²) in [5, 5.41) is 3.53. The van der Waals surface area contributed by atoms with Gasteiger partial charge in [0, 0.05) is 56.0 Å². The minimum Gasteiger partial charge on any atom is -0.311 e. The molecule has 0 radical (unpaired) electrons. The van der Waals surface area contributed by atoms with Gasteiger partial charge < -0.3 is 5.32 Å². The van der Waals surface area contributed by atoms with Crippen LogP contribution in [0.5, 0.6) is 0 Å². The summed E-state index contributed by atoms with van der Waals surface area (Å²) in [6.07, 6.45) is 3.75. The third-order valence-corrected chi connectivity index (χ3v) is 6.27. The average molecular weight is 437 g/mol. The first-order valence-corrected chi connectivity index (χ1v) is 11.3. The number of nitrogens with one attached hydrogen (secondary N) is 1. The third-order valence-electron chi connectivity index (χ3n) is 6.27. The molecule has 168 valence electrons. The summed E-state index contributed by atoms with van der Waals surface area (Å²) in [6, 6.07) is 15.1. The van der Waals surface area contributed by atoms with Crippen molar-refractivity contribution < 1.29 is 8.78 Å². The fourth-order valence-corrected chi connectivity index (χ4v) is 4.30. The van der Waals surface area contributed by atoms with Crippen molar-refractivity contribution >= 4 is 0 Å². The maximum absolute atomic E-state index is 13.4. The van der Waals surface area contributed by atoms with Crippen LogP contribution < -0.4 is 5.32 Å².